The van der Waals surface area contributed by atoms with Crippen molar-refractivity contribution in [2.45, 2.75) is 26.5 Å². The van der Waals surface area contributed by atoms with E-state index in [1.807, 2.05) is 44.2 Å². The first kappa shape index (κ1) is 16.4. The van der Waals surface area contributed by atoms with Crippen LogP contribution >= 0.6 is 11.6 Å². The minimum Gasteiger partial charge on any atom is -0.462 e. The molecule has 0 saturated carbocycles. The summed E-state index contributed by atoms with van der Waals surface area (Å²) in [7, 11) is 0. The first-order valence-electron chi connectivity index (χ1n) is 7.75. The van der Waals surface area contributed by atoms with Crippen LogP contribution in [0.5, 0.6) is 5.95 Å². The van der Waals surface area contributed by atoms with E-state index in [1.165, 1.54) is 0 Å². The quantitative estimate of drug-likeness (QED) is 0.723. The van der Waals surface area contributed by atoms with Crippen LogP contribution < -0.4 is 10.1 Å². The molecule has 0 bridgehead atoms. The highest BCUT2D eigenvalue weighted by Gasteiger charge is 2.21. The molecule has 5 heteroatoms. The van der Waals surface area contributed by atoms with Crippen LogP contribution in [0, 0.1) is 0 Å². The van der Waals surface area contributed by atoms with Crippen molar-refractivity contribution in [3.05, 3.63) is 64.9 Å². The Hall–Kier alpha value is -2.46. The third kappa shape index (κ3) is 3.54. The first-order valence-corrected chi connectivity index (χ1v) is 8.13. The molecule has 0 saturated heterocycles. The fourth-order valence-corrected chi connectivity index (χ4v) is 2.59. The van der Waals surface area contributed by atoms with Crippen LogP contribution in [0.4, 0.5) is 0 Å². The highest BCUT2D eigenvalue weighted by molar-refractivity contribution is 6.31. The molecule has 0 aliphatic rings. The fourth-order valence-electron chi connectivity index (χ4n) is 2.41. The van der Waals surface area contributed by atoms with Crippen LogP contribution in [0.25, 0.3) is 10.8 Å². The van der Waals surface area contributed by atoms with Crippen molar-refractivity contribution < 1.29 is 13.9 Å². The lowest BCUT2D eigenvalue weighted by molar-refractivity contribution is 0.0911. The summed E-state index contributed by atoms with van der Waals surface area (Å²) in [6.07, 6.45) is -0.0708. The van der Waals surface area contributed by atoms with Crippen LogP contribution in [-0.4, -0.2) is 12.0 Å². The van der Waals surface area contributed by atoms with Gasteiger partial charge in [-0.1, -0.05) is 41.9 Å². The Bertz CT molecular complexity index is 856. The van der Waals surface area contributed by atoms with Crippen molar-refractivity contribution in [3.63, 3.8) is 0 Å². The van der Waals surface area contributed by atoms with E-state index >= 15 is 0 Å². The molecule has 124 valence electrons. The molecule has 0 aliphatic carbocycles. The molecule has 1 aromatic heterocycles. The predicted molar refractivity (Wildman–Crippen MR) is 94.6 cm³/mol. The van der Waals surface area contributed by atoms with E-state index in [0.717, 1.165) is 5.56 Å². The van der Waals surface area contributed by atoms with E-state index in [9.17, 15) is 4.79 Å². The molecule has 3 aromatic rings. The van der Waals surface area contributed by atoms with Gasteiger partial charge in [0.15, 0.2) is 0 Å². The number of rotatable bonds is 5. The topological polar surface area (TPSA) is 51.5 Å². The van der Waals surface area contributed by atoms with Gasteiger partial charge in [-0.15, -0.1) is 0 Å². The number of furan rings is 1. The summed E-state index contributed by atoms with van der Waals surface area (Å²) in [5, 5.41) is 4.81. The summed E-state index contributed by atoms with van der Waals surface area (Å²) >= 11 is 6.06. The van der Waals surface area contributed by atoms with Gasteiger partial charge >= 0.3 is 0 Å². The number of halogens is 1. The highest BCUT2D eigenvalue weighted by atomic mass is 35.5. The van der Waals surface area contributed by atoms with Crippen molar-refractivity contribution >= 4 is 28.3 Å². The molecule has 1 amide bonds. The first-order chi connectivity index (χ1) is 11.5. The summed E-state index contributed by atoms with van der Waals surface area (Å²) in [5.41, 5.74) is 1.02. The van der Waals surface area contributed by atoms with Crippen LogP contribution in [-0.2, 0) is 6.54 Å². The Morgan fingerprint density at radius 2 is 1.92 bits per heavy atom. The van der Waals surface area contributed by atoms with E-state index in [-0.39, 0.29) is 17.8 Å². The van der Waals surface area contributed by atoms with E-state index in [1.54, 1.807) is 18.2 Å². The Kier molecular flexibility index (Phi) is 4.76. The number of hydrogen-bond acceptors (Lipinski definition) is 3. The van der Waals surface area contributed by atoms with Crippen molar-refractivity contribution in [3.8, 4) is 5.95 Å². The molecule has 0 unspecified atom stereocenters. The van der Waals surface area contributed by atoms with Gasteiger partial charge < -0.3 is 14.5 Å². The van der Waals surface area contributed by atoms with E-state index in [0.29, 0.717) is 28.3 Å². The van der Waals surface area contributed by atoms with Crippen molar-refractivity contribution in [2.24, 2.45) is 0 Å². The third-order valence-electron chi connectivity index (χ3n) is 3.49. The van der Waals surface area contributed by atoms with Crippen LogP contribution in [0.1, 0.15) is 30.0 Å². The summed E-state index contributed by atoms with van der Waals surface area (Å²) in [4.78, 5) is 12.5. The number of hydrogen-bond donors (Lipinski definition) is 1. The number of benzene rings is 2. The van der Waals surface area contributed by atoms with Gasteiger partial charge in [0.25, 0.3) is 11.9 Å². The third-order valence-corrected chi connectivity index (χ3v) is 3.72. The smallest absolute Gasteiger partial charge is 0.293 e. The number of fused-ring (bicyclic) bond motifs is 1. The van der Waals surface area contributed by atoms with Crippen molar-refractivity contribution in [2.75, 3.05) is 0 Å². The molecule has 24 heavy (non-hydrogen) atoms. The molecule has 1 heterocycles. The molecule has 3 rings (SSSR count). The molecular formula is C19H18ClNO3. The minimum absolute atomic E-state index is 0.0708. The highest BCUT2D eigenvalue weighted by Crippen LogP contribution is 2.34. The fraction of sp³-hybridized carbons (Fsp3) is 0.211. The summed E-state index contributed by atoms with van der Waals surface area (Å²) in [5.74, 6) is 0.255. The van der Waals surface area contributed by atoms with Gasteiger partial charge in [0.2, 0.25) is 5.76 Å². The SMILES string of the molecule is CC(C)Oc1oc(C(=O)NCc2ccccc2)c2ccc(Cl)cc12. The Morgan fingerprint density at radius 3 is 2.62 bits per heavy atom. The lowest BCUT2D eigenvalue weighted by Gasteiger charge is -2.06. The van der Waals surface area contributed by atoms with Gasteiger partial charge in [-0.3, -0.25) is 4.79 Å². The zero-order chi connectivity index (χ0) is 17.1. The van der Waals surface area contributed by atoms with Gasteiger partial charge in [-0.2, -0.15) is 0 Å². The Morgan fingerprint density at radius 1 is 1.17 bits per heavy atom. The number of carbonyl (C=O) groups excluding carboxylic acids is 1. The summed E-state index contributed by atoms with van der Waals surface area (Å²) < 4.78 is 11.4. The standard InChI is InChI=1S/C19H18ClNO3/c1-12(2)23-19-16-10-14(20)8-9-15(16)17(24-19)18(22)21-11-13-6-4-3-5-7-13/h3-10,12H,11H2,1-2H3,(H,21,22). The molecule has 2 aromatic carbocycles. The maximum atomic E-state index is 12.5. The van der Waals surface area contributed by atoms with E-state index in [2.05, 4.69) is 5.32 Å². The predicted octanol–water partition coefficient (Wildman–Crippen LogP) is 4.80. The molecular weight excluding hydrogens is 326 g/mol. The van der Waals surface area contributed by atoms with Crippen molar-refractivity contribution in [1.29, 1.82) is 0 Å². The maximum absolute atomic E-state index is 12.5. The molecule has 1 N–H and O–H groups in total. The molecule has 0 atom stereocenters. The molecule has 0 aliphatic heterocycles. The maximum Gasteiger partial charge on any atom is 0.293 e. The molecule has 0 radical (unpaired) electrons. The van der Waals surface area contributed by atoms with Gasteiger partial charge in [0, 0.05) is 17.0 Å². The van der Waals surface area contributed by atoms with Gasteiger partial charge in [0.05, 0.1) is 11.5 Å². The number of amides is 1. The second-order valence-electron chi connectivity index (χ2n) is 5.74. The van der Waals surface area contributed by atoms with Crippen LogP contribution in [0.15, 0.2) is 52.9 Å². The normalized spacial score (nSPS) is 11.0. The minimum atomic E-state index is -0.287. The lowest BCUT2D eigenvalue weighted by atomic mass is 10.1. The van der Waals surface area contributed by atoms with Crippen molar-refractivity contribution in [1.82, 2.24) is 5.32 Å². The molecule has 4 nitrogen and oxygen atoms in total. The van der Waals surface area contributed by atoms with E-state index in [4.69, 9.17) is 20.8 Å². The monoisotopic (exact) mass is 343 g/mol. The largest absolute Gasteiger partial charge is 0.462 e. The van der Waals surface area contributed by atoms with Crippen LogP contribution in [0.3, 0.4) is 0 Å². The average molecular weight is 344 g/mol. The van der Waals surface area contributed by atoms with Gasteiger partial charge in [0.1, 0.15) is 0 Å². The zero-order valence-electron chi connectivity index (χ0n) is 13.5. The number of carbonyl (C=O) groups is 1. The van der Waals surface area contributed by atoms with Gasteiger partial charge in [-0.05, 0) is 37.6 Å². The zero-order valence-corrected chi connectivity index (χ0v) is 14.3. The van der Waals surface area contributed by atoms with E-state index < -0.39 is 0 Å². The second-order valence-corrected chi connectivity index (χ2v) is 6.18. The molecule has 0 fully saturated rings. The second kappa shape index (κ2) is 6.97. The summed E-state index contributed by atoms with van der Waals surface area (Å²) in [6, 6.07) is 14.9. The van der Waals surface area contributed by atoms with Gasteiger partial charge in [-0.25, -0.2) is 0 Å². The van der Waals surface area contributed by atoms with Crippen LogP contribution in [0.2, 0.25) is 5.02 Å². The molecule has 0 spiro atoms. The number of nitrogens with one attached hydrogen (secondary N) is 1. The Labute approximate surface area is 145 Å². The number of ether oxygens (including phenoxy) is 1. The summed E-state index contributed by atoms with van der Waals surface area (Å²) in [6.45, 7) is 4.22. The average Bonchev–Trinajstić information content (AvgIpc) is 2.91. The lowest BCUT2D eigenvalue weighted by Crippen LogP contribution is -2.22. The Balaban J connectivity index is 1.89.